The monoisotopic (exact) mass is 355 g/mol. The number of rotatable bonds is 4. The van der Waals surface area contributed by atoms with Crippen LogP contribution < -0.4 is 15.4 Å². The summed E-state index contributed by atoms with van der Waals surface area (Å²) >= 11 is 0. The highest BCUT2D eigenvalue weighted by Gasteiger charge is 2.24. The summed E-state index contributed by atoms with van der Waals surface area (Å²) in [5, 5.41) is 14.6. The summed E-state index contributed by atoms with van der Waals surface area (Å²) in [6.07, 6.45) is 5.87. The Balaban J connectivity index is 1.45. The molecule has 134 valence electrons. The van der Waals surface area contributed by atoms with Crippen LogP contribution in [0, 0.1) is 17.1 Å². The zero-order valence-corrected chi connectivity index (χ0v) is 14.0. The fourth-order valence-corrected chi connectivity index (χ4v) is 2.86. The number of ether oxygens (including phenoxy) is 1. The molecule has 8 heteroatoms. The maximum Gasteiger partial charge on any atom is 0.319 e. The van der Waals surface area contributed by atoms with Crippen molar-refractivity contribution in [3.63, 3.8) is 0 Å². The van der Waals surface area contributed by atoms with E-state index in [1.54, 1.807) is 0 Å². The Morgan fingerprint density at radius 1 is 1.15 bits per heavy atom. The first-order chi connectivity index (χ1) is 12.6. The van der Waals surface area contributed by atoms with Crippen LogP contribution in [0.1, 0.15) is 31.4 Å². The minimum absolute atomic E-state index is 0.0348. The average Bonchev–Trinajstić information content (AvgIpc) is 2.65. The number of carbonyl (C=O) groups is 1. The average molecular weight is 355 g/mol. The molecular formula is C18H18FN5O2. The van der Waals surface area contributed by atoms with Gasteiger partial charge in [0, 0.05) is 24.1 Å². The second kappa shape index (κ2) is 8.25. The maximum atomic E-state index is 12.9. The molecule has 7 nitrogen and oxygen atoms in total. The van der Waals surface area contributed by atoms with E-state index in [2.05, 4.69) is 20.6 Å². The minimum Gasteiger partial charge on any atom is -0.472 e. The van der Waals surface area contributed by atoms with Crippen LogP contribution in [0.3, 0.4) is 0 Å². The number of nitrogens with one attached hydrogen (secondary N) is 2. The molecule has 1 heterocycles. The molecule has 0 unspecified atom stereocenters. The zero-order valence-electron chi connectivity index (χ0n) is 14.0. The van der Waals surface area contributed by atoms with Gasteiger partial charge in [0.2, 0.25) is 5.69 Å². The lowest BCUT2D eigenvalue weighted by Gasteiger charge is -2.29. The van der Waals surface area contributed by atoms with Crippen molar-refractivity contribution in [2.45, 2.75) is 37.8 Å². The molecule has 1 aromatic carbocycles. The number of aromatic nitrogens is 2. The summed E-state index contributed by atoms with van der Waals surface area (Å²) in [6, 6.07) is 7.27. The summed E-state index contributed by atoms with van der Waals surface area (Å²) < 4.78 is 18.6. The van der Waals surface area contributed by atoms with Crippen molar-refractivity contribution in [1.82, 2.24) is 15.3 Å². The van der Waals surface area contributed by atoms with Crippen LogP contribution in [0.4, 0.5) is 14.9 Å². The Hall–Kier alpha value is -3.21. The van der Waals surface area contributed by atoms with Gasteiger partial charge in [-0.3, -0.25) is 0 Å². The van der Waals surface area contributed by atoms with E-state index >= 15 is 0 Å². The van der Waals surface area contributed by atoms with Crippen LogP contribution in [-0.2, 0) is 0 Å². The third-order valence-corrected chi connectivity index (χ3v) is 4.16. The van der Waals surface area contributed by atoms with Crippen molar-refractivity contribution in [1.29, 1.82) is 5.26 Å². The second-order valence-electron chi connectivity index (χ2n) is 6.02. The highest BCUT2D eigenvalue weighted by Crippen LogP contribution is 2.24. The number of nitrogens with zero attached hydrogens (tertiary/aromatic N) is 3. The first kappa shape index (κ1) is 17.6. The molecule has 0 atom stereocenters. The highest BCUT2D eigenvalue weighted by molar-refractivity contribution is 5.89. The van der Waals surface area contributed by atoms with Crippen LogP contribution in [0.15, 0.2) is 36.7 Å². The number of anilines is 1. The van der Waals surface area contributed by atoms with E-state index in [9.17, 15) is 9.18 Å². The Morgan fingerprint density at radius 2 is 1.85 bits per heavy atom. The molecule has 0 spiro atoms. The van der Waals surface area contributed by atoms with Gasteiger partial charge in [-0.2, -0.15) is 5.26 Å². The van der Waals surface area contributed by atoms with Crippen molar-refractivity contribution in [2.75, 3.05) is 5.32 Å². The number of amides is 2. The molecule has 1 fully saturated rings. The molecule has 1 saturated carbocycles. The van der Waals surface area contributed by atoms with Gasteiger partial charge < -0.3 is 15.4 Å². The fourth-order valence-electron chi connectivity index (χ4n) is 2.86. The summed E-state index contributed by atoms with van der Waals surface area (Å²) in [4.78, 5) is 20.0. The van der Waals surface area contributed by atoms with E-state index in [0.717, 1.165) is 25.7 Å². The predicted molar refractivity (Wildman–Crippen MR) is 92.0 cm³/mol. The third-order valence-electron chi connectivity index (χ3n) is 4.16. The Morgan fingerprint density at radius 3 is 2.54 bits per heavy atom. The van der Waals surface area contributed by atoms with E-state index in [4.69, 9.17) is 10.00 Å². The number of carbonyl (C=O) groups excluding carboxylic acids is 1. The van der Waals surface area contributed by atoms with E-state index in [0.29, 0.717) is 5.69 Å². The van der Waals surface area contributed by atoms with Crippen molar-refractivity contribution in [2.24, 2.45) is 0 Å². The molecule has 1 aromatic heterocycles. The van der Waals surface area contributed by atoms with Crippen LogP contribution in [0.25, 0.3) is 0 Å². The molecule has 0 saturated heterocycles. The van der Waals surface area contributed by atoms with Crippen molar-refractivity contribution >= 4 is 11.7 Å². The molecule has 1 aliphatic rings. The lowest BCUT2D eigenvalue weighted by atomic mass is 9.93. The molecule has 1 aliphatic carbocycles. The lowest BCUT2D eigenvalue weighted by molar-refractivity contribution is 0.134. The Kier molecular flexibility index (Phi) is 5.59. The summed E-state index contributed by atoms with van der Waals surface area (Å²) in [7, 11) is 0. The van der Waals surface area contributed by atoms with Gasteiger partial charge >= 0.3 is 6.03 Å². The number of hydrogen-bond acceptors (Lipinski definition) is 5. The van der Waals surface area contributed by atoms with Gasteiger partial charge in [0.15, 0.2) is 0 Å². The second-order valence-corrected chi connectivity index (χ2v) is 6.02. The molecule has 2 N–H and O–H groups in total. The maximum absolute atomic E-state index is 12.9. The van der Waals surface area contributed by atoms with E-state index in [1.165, 1.54) is 36.7 Å². The van der Waals surface area contributed by atoms with Crippen LogP contribution in [0.5, 0.6) is 5.88 Å². The number of benzene rings is 1. The SMILES string of the molecule is N#Cc1nccnc1OC1CCC(NC(=O)Nc2ccc(F)cc2)CC1. The van der Waals surface area contributed by atoms with Crippen molar-refractivity contribution in [3.8, 4) is 11.9 Å². The van der Waals surface area contributed by atoms with Gasteiger partial charge in [-0.05, 0) is 49.9 Å². The standard InChI is InChI=1S/C18H18FN5O2/c19-12-1-3-13(4-2-12)23-18(25)24-14-5-7-15(8-6-14)26-17-16(11-20)21-9-10-22-17/h1-4,9-10,14-15H,5-8H2,(H2,23,24,25). The van der Waals surface area contributed by atoms with E-state index in [-0.39, 0.29) is 35.6 Å². The summed E-state index contributed by atoms with van der Waals surface area (Å²) in [5.41, 5.74) is 0.707. The minimum atomic E-state index is -0.350. The molecule has 2 aromatic rings. The molecule has 0 bridgehead atoms. The third kappa shape index (κ3) is 4.66. The Labute approximate surface area is 150 Å². The number of halogens is 1. The van der Waals surface area contributed by atoms with Crippen LogP contribution >= 0.6 is 0 Å². The zero-order chi connectivity index (χ0) is 18.4. The smallest absolute Gasteiger partial charge is 0.319 e. The topological polar surface area (TPSA) is 99.9 Å². The number of urea groups is 1. The van der Waals surface area contributed by atoms with E-state index < -0.39 is 0 Å². The molecular weight excluding hydrogens is 337 g/mol. The van der Waals surface area contributed by atoms with Crippen LogP contribution in [-0.4, -0.2) is 28.1 Å². The summed E-state index contributed by atoms with van der Waals surface area (Å²) in [5.74, 6) is -0.0996. The van der Waals surface area contributed by atoms with Crippen LogP contribution in [0.2, 0.25) is 0 Å². The highest BCUT2D eigenvalue weighted by atomic mass is 19.1. The largest absolute Gasteiger partial charge is 0.472 e. The number of nitriles is 1. The van der Waals surface area contributed by atoms with Gasteiger partial charge in [0.1, 0.15) is 18.0 Å². The van der Waals surface area contributed by atoms with Crippen molar-refractivity contribution in [3.05, 3.63) is 48.2 Å². The summed E-state index contributed by atoms with van der Waals surface area (Å²) in [6.45, 7) is 0. The fraction of sp³-hybridized carbons (Fsp3) is 0.333. The first-order valence-electron chi connectivity index (χ1n) is 8.35. The van der Waals surface area contributed by atoms with E-state index in [1.807, 2.05) is 6.07 Å². The predicted octanol–water partition coefficient (Wildman–Crippen LogP) is 3.00. The molecule has 26 heavy (non-hydrogen) atoms. The Bertz CT molecular complexity index is 798. The van der Waals surface area contributed by atoms with Gasteiger partial charge in [-0.1, -0.05) is 0 Å². The number of hydrogen-bond donors (Lipinski definition) is 2. The molecule has 0 radical (unpaired) electrons. The quantitative estimate of drug-likeness (QED) is 0.878. The van der Waals surface area contributed by atoms with Gasteiger partial charge in [-0.25, -0.2) is 19.2 Å². The van der Waals surface area contributed by atoms with Crippen molar-refractivity contribution < 1.29 is 13.9 Å². The lowest BCUT2D eigenvalue weighted by Crippen LogP contribution is -2.41. The molecule has 3 rings (SSSR count). The molecule has 2 amide bonds. The van der Waals surface area contributed by atoms with Gasteiger partial charge in [0.05, 0.1) is 0 Å². The normalized spacial score (nSPS) is 19.2. The first-order valence-corrected chi connectivity index (χ1v) is 8.35. The molecule has 0 aliphatic heterocycles. The van der Waals surface area contributed by atoms with Gasteiger partial charge in [-0.15, -0.1) is 0 Å². The van der Waals surface area contributed by atoms with Gasteiger partial charge in [0.25, 0.3) is 5.88 Å².